The predicted octanol–water partition coefficient (Wildman–Crippen LogP) is 4.14. The van der Waals surface area contributed by atoms with Gasteiger partial charge in [-0.2, -0.15) is 13.2 Å². The van der Waals surface area contributed by atoms with Crippen molar-refractivity contribution in [2.75, 3.05) is 0 Å². The fourth-order valence-electron chi connectivity index (χ4n) is 1.30. The van der Waals surface area contributed by atoms with Gasteiger partial charge in [0.15, 0.2) is 0 Å². The molecular weight excluding hydrogens is 235 g/mol. The van der Waals surface area contributed by atoms with Gasteiger partial charge in [0, 0.05) is 0 Å². The molecule has 0 amide bonds. The van der Waals surface area contributed by atoms with Gasteiger partial charge in [-0.25, -0.2) is 4.98 Å². The summed E-state index contributed by atoms with van der Waals surface area (Å²) in [5.41, 5.74) is 0.545. The van der Waals surface area contributed by atoms with Gasteiger partial charge in [-0.1, -0.05) is 6.07 Å². The van der Waals surface area contributed by atoms with Gasteiger partial charge < -0.3 is 0 Å². The first-order valence-electron chi connectivity index (χ1n) is 4.56. The Morgan fingerprint density at radius 1 is 1.25 bits per heavy atom. The van der Waals surface area contributed by atoms with Gasteiger partial charge >= 0.3 is 6.18 Å². The molecule has 0 aliphatic heterocycles. The van der Waals surface area contributed by atoms with Crippen molar-refractivity contribution in [3.8, 4) is 10.6 Å². The molecule has 0 spiro atoms. The minimum atomic E-state index is -4.39. The number of nitrogens with zero attached hydrogens (tertiary/aromatic N) is 1. The first-order chi connectivity index (χ1) is 7.47. The summed E-state index contributed by atoms with van der Waals surface area (Å²) in [5.74, 6) is 0. The number of alkyl halides is 3. The van der Waals surface area contributed by atoms with Crippen molar-refractivity contribution >= 4 is 11.3 Å². The molecule has 0 bridgehead atoms. The van der Waals surface area contributed by atoms with Gasteiger partial charge in [0.2, 0.25) is 0 Å². The van der Waals surface area contributed by atoms with E-state index in [9.17, 15) is 13.2 Å². The molecule has 5 heteroatoms. The van der Waals surface area contributed by atoms with Crippen molar-refractivity contribution in [2.24, 2.45) is 0 Å². The number of thiophene rings is 1. The van der Waals surface area contributed by atoms with Crippen LogP contribution >= 0.6 is 11.3 Å². The fourth-order valence-corrected chi connectivity index (χ4v) is 2.16. The lowest BCUT2D eigenvalue weighted by atomic mass is 10.2. The minimum Gasteiger partial charge on any atom is -0.242 e. The molecule has 0 saturated carbocycles. The standard InChI is InChI=1S/C11H8F3NS/c1-7-5-9(16-6-7)8-3-2-4-10(15-8)11(12,13)14/h2-6H,1H3. The van der Waals surface area contributed by atoms with Gasteiger partial charge in [0.1, 0.15) is 5.69 Å². The van der Waals surface area contributed by atoms with Crippen LogP contribution in [0.4, 0.5) is 13.2 Å². The summed E-state index contributed by atoms with van der Waals surface area (Å²) in [6, 6.07) is 5.76. The van der Waals surface area contributed by atoms with Gasteiger partial charge in [0.05, 0.1) is 10.6 Å². The van der Waals surface area contributed by atoms with E-state index in [4.69, 9.17) is 0 Å². The van der Waals surface area contributed by atoms with E-state index in [1.54, 1.807) is 6.07 Å². The maximum atomic E-state index is 12.4. The molecule has 0 saturated heterocycles. The van der Waals surface area contributed by atoms with Crippen molar-refractivity contribution < 1.29 is 13.2 Å². The zero-order chi connectivity index (χ0) is 11.8. The van der Waals surface area contributed by atoms with E-state index in [0.29, 0.717) is 5.69 Å². The highest BCUT2D eigenvalue weighted by Gasteiger charge is 2.32. The third-order valence-corrected chi connectivity index (χ3v) is 3.09. The molecule has 16 heavy (non-hydrogen) atoms. The van der Waals surface area contributed by atoms with Crippen LogP contribution in [0, 0.1) is 6.92 Å². The van der Waals surface area contributed by atoms with E-state index >= 15 is 0 Å². The Morgan fingerprint density at radius 3 is 2.56 bits per heavy atom. The minimum absolute atomic E-state index is 0.368. The highest BCUT2D eigenvalue weighted by molar-refractivity contribution is 7.13. The number of aromatic nitrogens is 1. The van der Waals surface area contributed by atoms with Crippen LogP contribution in [0.5, 0.6) is 0 Å². The second-order valence-electron chi connectivity index (χ2n) is 3.39. The molecule has 0 unspecified atom stereocenters. The highest BCUT2D eigenvalue weighted by atomic mass is 32.1. The van der Waals surface area contributed by atoms with Crippen LogP contribution in [0.1, 0.15) is 11.3 Å². The fraction of sp³-hybridized carbons (Fsp3) is 0.182. The van der Waals surface area contributed by atoms with Crippen LogP contribution in [0.15, 0.2) is 29.6 Å². The van der Waals surface area contributed by atoms with Crippen molar-refractivity contribution in [2.45, 2.75) is 13.1 Å². The maximum absolute atomic E-state index is 12.4. The lowest BCUT2D eigenvalue weighted by Gasteiger charge is -2.06. The monoisotopic (exact) mass is 243 g/mol. The topological polar surface area (TPSA) is 12.9 Å². The number of pyridine rings is 1. The van der Waals surface area contributed by atoms with Gasteiger partial charge in [-0.05, 0) is 36.1 Å². The Bertz CT molecular complexity index is 502. The summed E-state index contributed by atoms with van der Waals surface area (Å²) in [6.07, 6.45) is -4.39. The Hall–Kier alpha value is -1.36. The lowest BCUT2D eigenvalue weighted by molar-refractivity contribution is -0.141. The van der Waals surface area contributed by atoms with E-state index in [-0.39, 0.29) is 0 Å². The summed E-state index contributed by atoms with van der Waals surface area (Å²) in [7, 11) is 0. The first-order valence-corrected chi connectivity index (χ1v) is 5.44. The summed E-state index contributed by atoms with van der Waals surface area (Å²) in [5, 5.41) is 1.89. The van der Waals surface area contributed by atoms with E-state index in [0.717, 1.165) is 16.5 Å². The van der Waals surface area contributed by atoms with Crippen LogP contribution < -0.4 is 0 Å². The SMILES string of the molecule is Cc1csc(-c2cccc(C(F)(F)F)n2)c1. The van der Waals surface area contributed by atoms with Crippen LogP contribution in [0.25, 0.3) is 10.6 Å². The van der Waals surface area contributed by atoms with Crippen LogP contribution in [0.2, 0.25) is 0 Å². The molecule has 2 aromatic rings. The smallest absolute Gasteiger partial charge is 0.242 e. The number of hydrogen-bond acceptors (Lipinski definition) is 2. The van der Waals surface area contributed by atoms with Crippen LogP contribution in [0.3, 0.4) is 0 Å². The van der Waals surface area contributed by atoms with Crippen molar-refractivity contribution in [1.29, 1.82) is 0 Å². The molecule has 0 N–H and O–H groups in total. The first kappa shape index (κ1) is 11.1. The van der Waals surface area contributed by atoms with Crippen LogP contribution in [-0.4, -0.2) is 4.98 Å². The van der Waals surface area contributed by atoms with E-state index in [1.807, 2.05) is 18.4 Å². The molecule has 1 nitrogen and oxygen atoms in total. The summed E-state index contributed by atoms with van der Waals surface area (Å²) in [6.45, 7) is 1.90. The molecular formula is C11H8F3NS. The molecule has 0 aliphatic rings. The van der Waals surface area contributed by atoms with E-state index in [2.05, 4.69) is 4.98 Å². The molecule has 2 heterocycles. The molecule has 2 aromatic heterocycles. The zero-order valence-electron chi connectivity index (χ0n) is 8.38. The molecule has 0 aliphatic carbocycles. The van der Waals surface area contributed by atoms with Crippen molar-refractivity contribution in [3.63, 3.8) is 0 Å². The Balaban J connectivity index is 2.44. The summed E-state index contributed by atoms with van der Waals surface area (Å²) >= 11 is 1.39. The average Bonchev–Trinajstić information content (AvgIpc) is 2.64. The van der Waals surface area contributed by atoms with Gasteiger partial charge in [-0.3, -0.25) is 0 Å². The molecule has 0 fully saturated rings. The van der Waals surface area contributed by atoms with E-state index in [1.165, 1.54) is 17.4 Å². The zero-order valence-corrected chi connectivity index (χ0v) is 9.19. The number of hydrogen-bond donors (Lipinski definition) is 0. The van der Waals surface area contributed by atoms with Crippen molar-refractivity contribution in [1.82, 2.24) is 4.98 Å². The third-order valence-electron chi connectivity index (χ3n) is 2.02. The second-order valence-corrected chi connectivity index (χ2v) is 4.31. The Kier molecular flexibility index (Phi) is 2.71. The molecule has 2 rings (SSSR count). The maximum Gasteiger partial charge on any atom is 0.433 e. The quantitative estimate of drug-likeness (QED) is 0.733. The highest BCUT2D eigenvalue weighted by Crippen LogP contribution is 2.31. The van der Waals surface area contributed by atoms with Gasteiger partial charge in [-0.15, -0.1) is 11.3 Å². The average molecular weight is 243 g/mol. The lowest BCUT2D eigenvalue weighted by Crippen LogP contribution is -2.07. The van der Waals surface area contributed by atoms with Gasteiger partial charge in [0.25, 0.3) is 0 Å². The summed E-state index contributed by atoms with van der Waals surface area (Å²) in [4.78, 5) is 4.37. The Morgan fingerprint density at radius 2 is 2.00 bits per heavy atom. The van der Waals surface area contributed by atoms with E-state index < -0.39 is 11.9 Å². The normalized spacial score (nSPS) is 11.8. The molecule has 0 radical (unpaired) electrons. The second kappa shape index (κ2) is 3.90. The molecule has 0 aromatic carbocycles. The third kappa shape index (κ3) is 2.24. The Labute approximate surface area is 94.6 Å². The number of rotatable bonds is 1. The number of halogens is 3. The molecule has 84 valence electrons. The largest absolute Gasteiger partial charge is 0.433 e. The van der Waals surface area contributed by atoms with Crippen molar-refractivity contribution in [3.05, 3.63) is 40.9 Å². The predicted molar refractivity (Wildman–Crippen MR) is 57.3 cm³/mol. The summed E-state index contributed by atoms with van der Waals surface area (Å²) < 4.78 is 37.3. The van der Waals surface area contributed by atoms with Crippen LogP contribution in [-0.2, 0) is 6.18 Å². The number of aryl methyl sites for hydroxylation is 1. The molecule has 0 atom stereocenters.